The number of H-pyrrole nitrogens is 1. The number of fused-ring (bicyclic) bond motifs is 1. The number of aromatic amines is 1. The van der Waals surface area contributed by atoms with E-state index in [0.29, 0.717) is 35.2 Å². The summed E-state index contributed by atoms with van der Waals surface area (Å²) >= 11 is 6.00. The van der Waals surface area contributed by atoms with Gasteiger partial charge in [0.15, 0.2) is 0 Å². The van der Waals surface area contributed by atoms with Crippen LogP contribution in [0, 0.1) is 0 Å². The van der Waals surface area contributed by atoms with Gasteiger partial charge in [0.05, 0.1) is 17.8 Å². The standard InChI is InChI=1S/C25H22ClN5O3/c26-18-5-3-6-19(13-18)31-25(34)29-24(30-31)27-14-15-8-10-16(11-9-15)23(33)28-22-20-7-2-1-4-17(20)12-21(22)32/h1-11,13,21-22,32H,12,14H2,(H,28,33)(H2,27,29,30,34)/t21-,22+/m1/s1. The molecule has 1 amide bonds. The minimum Gasteiger partial charge on any atom is -0.390 e. The van der Waals surface area contributed by atoms with Gasteiger partial charge >= 0.3 is 5.69 Å². The van der Waals surface area contributed by atoms with Crippen LogP contribution in [0.15, 0.2) is 77.6 Å². The van der Waals surface area contributed by atoms with E-state index in [-0.39, 0.29) is 11.6 Å². The number of anilines is 1. The van der Waals surface area contributed by atoms with Crippen molar-refractivity contribution in [3.63, 3.8) is 0 Å². The molecule has 1 aliphatic rings. The Kier molecular flexibility index (Phi) is 5.91. The SMILES string of the molecule is O=C(N[C@H]1c2ccccc2C[C@H]1O)c1ccc(CNc2nn(-c3cccc(Cl)c3)c(=O)[nH]2)cc1. The average molecular weight is 476 g/mol. The molecule has 1 aliphatic carbocycles. The lowest BCUT2D eigenvalue weighted by atomic mass is 10.1. The molecule has 34 heavy (non-hydrogen) atoms. The maximum atomic E-state index is 12.7. The smallest absolute Gasteiger partial charge is 0.349 e. The summed E-state index contributed by atoms with van der Waals surface area (Å²) in [7, 11) is 0. The molecule has 0 fully saturated rings. The van der Waals surface area contributed by atoms with Crippen molar-refractivity contribution in [2.45, 2.75) is 25.1 Å². The van der Waals surface area contributed by atoms with Crippen molar-refractivity contribution in [2.24, 2.45) is 0 Å². The van der Waals surface area contributed by atoms with Crippen molar-refractivity contribution in [1.29, 1.82) is 0 Å². The number of aliphatic hydroxyl groups excluding tert-OH is 1. The molecule has 4 aromatic rings. The molecule has 5 rings (SSSR count). The lowest BCUT2D eigenvalue weighted by Crippen LogP contribution is -2.33. The molecule has 8 nitrogen and oxygen atoms in total. The fourth-order valence-electron chi connectivity index (χ4n) is 4.12. The van der Waals surface area contributed by atoms with E-state index in [1.54, 1.807) is 36.4 Å². The van der Waals surface area contributed by atoms with Gasteiger partial charge in [0.2, 0.25) is 5.95 Å². The second kappa shape index (κ2) is 9.17. The molecule has 4 N–H and O–H groups in total. The van der Waals surface area contributed by atoms with Crippen molar-refractivity contribution in [1.82, 2.24) is 20.1 Å². The summed E-state index contributed by atoms with van der Waals surface area (Å²) in [6.07, 6.45) is -0.111. The maximum absolute atomic E-state index is 12.7. The van der Waals surface area contributed by atoms with Gasteiger partial charge in [-0.25, -0.2) is 4.79 Å². The van der Waals surface area contributed by atoms with Crippen LogP contribution < -0.4 is 16.3 Å². The lowest BCUT2D eigenvalue weighted by molar-refractivity contribution is 0.0858. The van der Waals surface area contributed by atoms with Gasteiger partial charge in [-0.3, -0.25) is 9.78 Å². The van der Waals surface area contributed by atoms with E-state index in [1.165, 1.54) is 4.68 Å². The third kappa shape index (κ3) is 4.46. The van der Waals surface area contributed by atoms with E-state index >= 15 is 0 Å². The van der Waals surface area contributed by atoms with E-state index < -0.39 is 12.1 Å². The van der Waals surface area contributed by atoms with Gasteiger partial charge in [0.1, 0.15) is 0 Å². The Bertz CT molecular complexity index is 1400. The molecule has 0 saturated heterocycles. The Morgan fingerprint density at radius 3 is 2.71 bits per heavy atom. The average Bonchev–Trinajstić information content (AvgIpc) is 3.37. The van der Waals surface area contributed by atoms with Gasteiger partial charge in [0, 0.05) is 23.6 Å². The molecule has 1 heterocycles. The molecular weight excluding hydrogens is 454 g/mol. The molecule has 3 aromatic carbocycles. The first kappa shape index (κ1) is 21.9. The number of carbonyl (C=O) groups is 1. The molecule has 0 aliphatic heterocycles. The molecule has 0 saturated carbocycles. The Labute approximate surface area is 200 Å². The topological polar surface area (TPSA) is 112 Å². The van der Waals surface area contributed by atoms with Crippen LogP contribution >= 0.6 is 11.6 Å². The molecule has 0 bridgehead atoms. The highest BCUT2D eigenvalue weighted by molar-refractivity contribution is 6.30. The van der Waals surface area contributed by atoms with Gasteiger partial charge < -0.3 is 15.7 Å². The zero-order valence-electron chi connectivity index (χ0n) is 18.0. The molecule has 1 aromatic heterocycles. The van der Waals surface area contributed by atoms with Crippen LogP contribution in [0.3, 0.4) is 0 Å². The summed E-state index contributed by atoms with van der Waals surface area (Å²) < 4.78 is 1.23. The maximum Gasteiger partial charge on any atom is 0.349 e. The van der Waals surface area contributed by atoms with E-state index in [9.17, 15) is 14.7 Å². The Hall–Kier alpha value is -3.88. The number of hydrogen-bond donors (Lipinski definition) is 4. The summed E-state index contributed by atoms with van der Waals surface area (Å²) in [4.78, 5) is 27.6. The second-order valence-corrected chi connectivity index (χ2v) is 8.58. The van der Waals surface area contributed by atoms with Gasteiger partial charge in [-0.15, -0.1) is 5.10 Å². The number of nitrogens with one attached hydrogen (secondary N) is 3. The first-order chi connectivity index (χ1) is 16.5. The predicted molar refractivity (Wildman–Crippen MR) is 129 cm³/mol. The monoisotopic (exact) mass is 475 g/mol. The first-order valence-electron chi connectivity index (χ1n) is 10.8. The van der Waals surface area contributed by atoms with E-state index in [1.807, 2.05) is 36.4 Å². The molecule has 2 atom stereocenters. The minimum atomic E-state index is -0.640. The van der Waals surface area contributed by atoms with E-state index in [2.05, 4.69) is 20.7 Å². The van der Waals surface area contributed by atoms with Crippen molar-refractivity contribution in [2.75, 3.05) is 5.32 Å². The number of nitrogens with zero attached hydrogens (tertiary/aromatic N) is 2. The third-order valence-corrected chi connectivity index (χ3v) is 6.07. The van der Waals surface area contributed by atoms with Gasteiger partial charge in [-0.1, -0.05) is 54.1 Å². The number of rotatable bonds is 6. The fraction of sp³-hybridized carbons (Fsp3) is 0.160. The molecule has 0 radical (unpaired) electrons. The zero-order chi connectivity index (χ0) is 23.7. The second-order valence-electron chi connectivity index (χ2n) is 8.14. The number of aliphatic hydroxyl groups is 1. The van der Waals surface area contributed by atoms with Crippen molar-refractivity contribution in [3.05, 3.63) is 111 Å². The quantitative estimate of drug-likeness (QED) is 0.342. The minimum absolute atomic E-state index is 0.246. The van der Waals surface area contributed by atoms with Crippen molar-refractivity contribution in [3.8, 4) is 5.69 Å². The van der Waals surface area contributed by atoms with E-state index in [0.717, 1.165) is 16.7 Å². The summed E-state index contributed by atoms with van der Waals surface area (Å²) in [6, 6.07) is 21.3. The Balaban J connectivity index is 1.22. The lowest BCUT2D eigenvalue weighted by Gasteiger charge is -2.18. The Morgan fingerprint density at radius 1 is 1.12 bits per heavy atom. The third-order valence-electron chi connectivity index (χ3n) is 5.84. The highest BCUT2D eigenvalue weighted by Crippen LogP contribution is 2.31. The molecule has 0 unspecified atom stereocenters. The molecular formula is C25H22ClN5O3. The Morgan fingerprint density at radius 2 is 1.91 bits per heavy atom. The number of hydrogen-bond acceptors (Lipinski definition) is 5. The number of halogens is 1. The van der Waals surface area contributed by atoms with Crippen LogP contribution in [-0.2, 0) is 13.0 Å². The summed E-state index contributed by atoms with van der Waals surface area (Å²) in [5.41, 5.74) is 3.59. The predicted octanol–water partition coefficient (Wildman–Crippen LogP) is 3.21. The van der Waals surface area contributed by atoms with Crippen LogP contribution in [0.4, 0.5) is 5.95 Å². The van der Waals surface area contributed by atoms with Crippen LogP contribution in [0.2, 0.25) is 5.02 Å². The molecule has 9 heteroatoms. The van der Waals surface area contributed by atoms with Crippen molar-refractivity contribution < 1.29 is 9.90 Å². The molecule has 172 valence electrons. The summed E-state index contributed by atoms with van der Waals surface area (Å²) in [5.74, 6) is 0.0746. The van der Waals surface area contributed by atoms with Crippen LogP contribution in [-0.4, -0.2) is 31.9 Å². The summed E-state index contributed by atoms with van der Waals surface area (Å²) in [6.45, 7) is 0.402. The van der Waals surface area contributed by atoms with Gasteiger partial charge in [0.25, 0.3) is 5.91 Å². The van der Waals surface area contributed by atoms with E-state index in [4.69, 9.17) is 11.6 Å². The largest absolute Gasteiger partial charge is 0.390 e. The molecule has 0 spiro atoms. The van der Waals surface area contributed by atoms with Crippen LogP contribution in [0.1, 0.15) is 33.1 Å². The zero-order valence-corrected chi connectivity index (χ0v) is 18.8. The van der Waals surface area contributed by atoms with Gasteiger partial charge in [-0.05, 0) is 47.0 Å². The van der Waals surface area contributed by atoms with Crippen molar-refractivity contribution >= 4 is 23.5 Å². The van der Waals surface area contributed by atoms with Gasteiger partial charge in [-0.2, -0.15) is 4.68 Å². The fourth-order valence-corrected chi connectivity index (χ4v) is 4.30. The number of amides is 1. The normalized spacial score (nSPS) is 16.8. The van der Waals surface area contributed by atoms with Crippen LogP contribution in [0.5, 0.6) is 0 Å². The first-order valence-corrected chi connectivity index (χ1v) is 11.2. The van der Waals surface area contributed by atoms with Crippen LogP contribution in [0.25, 0.3) is 5.69 Å². The summed E-state index contributed by atoms with van der Waals surface area (Å²) in [5, 5.41) is 21.2. The highest BCUT2D eigenvalue weighted by atomic mass is 35.5. The highest BCUT2D eigenvalue weighted by Gasteiger charge is 2.32. The number of carbonyl (C=O) groups excluding carboxylic acids is 1. The number of aromatic nitrogens is 3. The number of benzene rings is 3.